The average molecular weight is 408 g/mol. The predicted molar refractivity (Wildman–Crippen MR) is 112 cm³/mol. The molecule has 2 aliphatic rings. The zero-order valence-electron chi connectivity index (χ0n) is 17.1. The average Bonchev–Trinajstić information content (AvgIpc) is 3.29. The van der Waals surface area contributed by atoms with E-state index in [1.165, 1.54) is 18.9 Å². The van der Waals surface area contributed by atoms with Crippen LogP contribution in [0.1, 0.15) is 47.7 Å². The third-order valence-electron chi connectivity index (χ3n) is 6.11. The second-order valence-corrected chi connectivity index (χ2v) is 8.33. The number of amides is 1. The second kappa shape index (κ2) is 7.80. The zero-order valence-corrected chi connectivity index (χ0v) is 17.1. The number of likely N-dealkylation sites (N-methyl/N-ethyl adjacent to an activating group) is 1. The summed E-state index contributed by atoms with van der Waals surface area (Å²) in [5, 5.41) is 4.89. The van der Waals surface area contributed by atoms with Gasteiger partial charge in [-0.2, -0.15) is 0 Å². The van der Waals surface area contributed by atoms with Crippen LogP contribution in [0.3, 0.4) is 0 Å². The van der Waals surface area contributed by atoms with Crippen molar-refractivity contribution in [3.8, 4) is 11.3 Å². The minimum absolute atomic E-state index is 0.107. The summed E-state index contributed by atoms with van der Waals surface area (Å²) in [6.45, 7) is 3.68. The number of pyridine rings is 1. The first kappa shape index (κ1) is 19.2. The Labute approximate surface area is 174 Å². The molecule has 0 spiro atoms. The molecular weight excluding hydrogens is 383 g/mol. The Morgan fingerprint density at radius 2 is 2.03 bits per heavy atom. The van der Waals surface area contributed by atoms with Crippen molar-refractivity contribution >= 4 is 17.0 Å². The van der Waals surface area contributed by atoms with Crippen LogP contribution in [-0.2, 0) is 0 Å². The summed E-state index contributed by atoms with van der Waals surface area (Å²) in [6, 6.07) is 8.13. The van der Waals surface area contributed by atoms with E-state index in [0.29, 0.717) is 40.4 Å². The minimum atomic E-state index is -0.382. The van der Waals surface area contributed by atoms with E-state index in [2.05, 4.69) is 15.0 Å². The Morgan fingerprint density at radius 1 is 1.27 bits per heavy atom. The molecule has 1 saturated heterocycles. The minimum Gasteiger partial charge on any atom is -0.340 e. The number of hydrogen-bond acceptors (Lipinski definition) is 5. The molecule has 156 valence electrons. The van der Waals surface area contributed by atoms with Crippen LogP contribution in [-0.4, -0.2) is 59.1 Å². The number of rotatable bonds is 6. The molecule has 0 bridgehead atoms. The highest BCUT2D eigenvalue weighted by molar-refractivity contribution is 6.07. The number of likely N-dealkylation sites (tertiary alicyclic amines) is 1. The van der Waals surface area contributed by atoms with Crippen molar-refractivity contribution in [2.24, 2.45) is 0 Å². The van der Waals surface area contributed by atoms with Gasteiger partial charge in [0.1, 0.15) is 5.82 Å². The van der Waals surface area contributed by atoms with Gasteiger partial charge in [-0.05, 0) is 57.0 Å². The fraction of sp³-hybridized carbons (Fsp3) is 0.435. The van der Waals surface area contributed by atoms with Crippen molar-refractivity contribution in [1.82, 2.24) is 19.9 Å². The van der Waals surface area contributed by atoms with Crippen LogP contribution in [0.15, 0.2) is 34.9 Å². The Balaban J connectivity index is 1.53. The van der Waals surface area contributed by atoms with Crippen molar-refractivity contribution in [3.63, 3.8) is 0 Å². The van der Waals surface area contributed by atoms with Crippen LogP contribution in [0.25, 0.3) is 22.4 Å². The first-order chi connectivity index (χ1) is 14.6. The summed E-state index contributed by atoms with van der Waals surface area (Å²) in [6.07, 6.45) is 4.52. The predicted octanol–water partition coefficient (Wildman–Crippen LogP) is 4.07. The number of hydrogen-bond donors (Lipinski definition) is 0. The van der Waals surface area contributed by atoms with Gasteiger partial charge in [-0.15, -0.1) is 0 Å². The molecule has 3 heterocycles. The summed E-state index contributed by atoms with van der Waals surface area (Å²) in [4.78, 5) is 22.1. The van der Waals surface area contributed by atoms with Gasteiger partial charge >= 0.3 is 0 Å². The fourth-order valence-corrected chi connectivity index (χ4v) is 4.19. The molecule has 1 aromatic carbocycles. The van der Waals surface area contributed by atoms with Crippen molar-refractivity contribution in [2.45, 2.75) is 31.6 Å². The van der Waals surface area contributed by atoms with E-state index >= 15 is 0 Å². The molecule has 30 heavy (non-hydrogen) atoms. The lowest BCUT2D eigenvalue weighted by molar-refractivity contribution is 0.0784. The number of carbonyl (C=O) groups is 1. The van der Waals surface area contributed by atoms with Gasteiger partial charge in [0.2, 0.25) is 0 Å². The Bertz CT molecular complexity index is 1090. The van der Waals surface area contributed by atoms with Gasteiger partial charge < -0.3 is 14.3 Å². The highest BCUT2D eigenvalue weighted by atomic mass is 19.1. The summed E-state index contributed by atoms with van der Waals surface area (Å²) in [5.74, 6) is -0.176. The molecule has 6 nitrogen and oxygen atoms in total. The van der Waals surface area contributed by atoms with E-state index in [4.69, 9.17) is 4.52 Å². The number of carbonyl (C=O) groups excluding carboxylic acids is 1. The molecule has 0 unspecified atom stereocenters. The van der Waals surface area contributed by atoms with Gasteiger partial charge in [0.15, 0.2) is 0 Å². The quantitative estimate of drug-likeness (QED) is 0.615. The topological polar surface area (TPSA) is 62.5 Å². The molecule has 2 fully saturated rings. The molecule has 1 aliphatic heterocycles. The van der Waals surface area contributed by atoms with Crippen LogP contribution >= 0.6 is 0 Å². The lowest BCUT2D eigenvalue weighted by atomic mass is 10.0. The van der Waals surface area contributed by atoms with Crippen molar-refractivity contribution in [3.05, 3.63) is 47.4 Å². The maximum Gasteiger partial charge on any atom is 0.259 e. The van der Waals surface area contributed by atoms with E-state index in [0.717, 1.165) is 38.2 Å². The van der Waals surface area contributed by atoms with E-state index in [-0.39, 0.29) is 11.7 Å². The molecule has 0 atom stereocenters. The molecule has 1 amide bonds. The van der Waals surface area contributed by atoms with Gasteiger partial charge in [-0.25, -0.2) is 9.37 Å². The van der Waals surface area contributed by atoms with Gasteiger partial charge in [-0.3, -0.25) is 4.79 Å². The Hall–Kier alpha value is -2.80. The van der Waals surface area contributed by atoms with Gasteiger partial charge in [0.05, 0.1) is 22.3 Å². The third-order valence-corrected chi connectivity index (χ3v) is 6.11. The highest BCUT2D eigenvalue weighted by Gasteiger charge is 2.33. The van der Waals surface area contributed by atoms with Crippen LogP contribution in [0, 0.1) is 5.82 Å². The lowest BCUT2D eigenvalue weighted by Gasteiger charge is -2.22. The molecule has 0 radical (unpaired) electrons. The molecule has 1 aliphatic carbocycles. The molecule has 7 heteroatoms. The summed E-state index contributed by atoms with van der Waals surface area (Å²) in [5.41, 5.74) is 2.32. The number of nitrogens with zero attached hydrogens (tertiary/aromatic N) is 4. The Kier molecular flexibility index (Phi) is 4.98. The van der Waals surface area contributed by atoms with Crippen LogP contribution in [0.2, 0.25) is 0 Å². The molecule has 0 N–H and O–H groups in total. The fourth-order valence-electron chi connectivity index (χ4n) is 4.19. The number of fused-ring (bicyclic) bond motifs is 1. The van der Waals surface area contributed by atoms with Crippen molar-refractivity contribution in [1.29, 1.82) is 0 Å². The molecule has 5 rings (SSSR count). The summed E-state index contributed by atoms with van der Waals surface area (Å²) >= 11 is 0. The van der Waals surface area contributed by atoms with E-state index in [1.54, 1.807) is 29.2 Å². The van der Waals surface area contributed by atoms with Crippen LogP contribution in [0.4, 0.5) is 4.39 Å². The first-order valence-corrected chi connectivity index (χ1v) is 10.6. The van der Waals surface area contributed by atoms with E-state index in [9.17, 15) is 9.18 Å². The molecular formula is C23H25FN4O2. The number of benzene rings is 1. The second-order valence-electron chi connectivity index (χ2n) is 8.33. The first-order valence-electron chi connectivity index (χ1n) is 10.6. The Morgan fingerprint density at radius 3 is 2.77 bits per heavy atom. The van der Waals surface area contributed by atoms with Crippen molar-refractivity contribution < 1.29 is 13.7 Å². The standard InChI is InChI=1S/C23H25FN4O2/c1-27(12-13-28-10-4-5-11-28)23(29)17-14-19(16-6-2-3-7-18(16)24)25-22-20(17)21(26-30-22)15-8-9-15/h2-3,6-7,14-15H,4-5,8-13H2,1H3. The SMILES string of the molecule is CN(CCN1CCCC1)C(=O)c1cc(-c2ccccc2F)nc2onc(C3CC3)c12. The number of halogens is 1. The van der Waals surface area contributed by atoms with Crippen LogP contribution in [0.5, 0.6) is 0 Å². The monoisotopic (exact) mass is 408 g/mol. The molecule has 3 aromatic rings. The normalized spacial score (nSPS) is 17.0. The smallest absolute Gasteiger partial charge is 0.259 e. The molecule has 1 saturated carbocycles. The van der Waals surface area contributed by atoms with E-state index < -0.39 is 0 Å². The highest BCUT2D eigenvalue weighted by Crippen LogP contribution is 2.43. The third kappa shape index (κ3) is 3.58. The summed E-state index contributed by atoms with van der Waals surface area (Å²) in [7, 11) is 1.82. The molecule has 2 aromatic heterocycles. The lowest BCUT2D eigenvalue weighted by Crippen LogP contribution is -2.35. The zero-order chi connectivity index (χ0) is 20.7. The number of aromatic nitrogens is 2. The van der Waals surface area contributed by atoms with Gasteiger partial charge in [0, 0.05) is 31.6 Å². The summed E-state index contributed by atoms with van der Waals surface area (Å²) < 4.78 is 19.9. The van der Waals surface area contributed by atoms with Crippen LogP contribution < -0.4 is 0 Å². The largest absolute Gasteiger partial charge is 0.340 e. The van der Waals surface area contributed by atoms with Gasteiger partial charge in [0.25, 0.3) is 11.6 Å². The maximum atomic E-state index is 14.4. The van der Waals surface area contributed by atoms with Gasteiger partial charge in [-0.1, -0.05) is 17.3 Å². The van der Waals surface area contributed by atoms with E-state index in [1.807, 2.05) is 7.05 Å². The maximum absolute atomic E-state index is 14.4. The van der Waals surface area contributed by atoms with Crippen molar-refractivity contribution in [2.75, 3.05) is 33.2 Å².